The Kier molecular flexibility index (Phi) is 1.83. The number of hydrogen-bond donors (Lipinski definition) is 1. The fourth-order valence-electron chi connectivity index (χ4n) is 1.98. The average molecular weight is 213 g/mol. The Labute approximate surface area is 92.9 Å². The van der Waals surface area contributed by atoms with Crippen molar-refractivity contribution in [2.24, 2.45) is 0 Å². The molecule has 0 saturated heterocycles. The first-order valence-corrected chi connectivity index (χ1v) is 5.16. The van der Waals surface area contributed by atoms with Gasteiger partial charge in [0.25, 0.3) is 5.91 Å². The molecule has 1 aliphatic rings. The molecule has 3 rings (SSSR count). The van der Waals surface area contributed by atoms with Crippen LogP contribution in [0.15, 0.2) is 30.6 Å². The fourth-order valence-corrected chi connectivity index (χ4v) is 1.98. The molecule has 4 nitrogen and oxygen atoms in total. The van der Waals surface area contributed by atoms with Crippen LogP contribution in [0.25, 0.3) is 0 Å². The standard InChI is InChI=1S/C12H11N3O/c1-8-2-3-10-9(6-8)7-15-5-4-13-11(15)12(16)14-10/h2-6H,7H2,1H3,(H,14,16). The molecule has 2 aromatic rings. The number of aryl methyl sites for hydroxylation is 1. The largest absolute Gasteiger partial charge is 0.322 e. The molecule has 1 aliphatic heterocycles. The van der Waals surface area contributed by atoms with Gasteiger partial charge in [0.1, 0.15) is 0 Å². The summed E-state index contributed by atoms with van der Waals surface area (Å²) < 4.78 is 1.86. The Balaban J connectivity index is 2.17. The van der Waals surface area contributed by atoms with Gasteiger partial charge in [-0.1, -0.05) is 17.7 Å². The molecule has 0 atom stereocenters. The second kappa shape index (κ2) is 3.20. The lowest BCUT2D eigenvalue weighted by Gasteiger charge is -2.07. The molecule has 0 saturated carbocycles. The zero-order valence-corrected chi connectivity index (χ0v) is 8.90. The first-order valence-electron chi connectivity index (χ1n) is 5.16. The maximum absolute atomic E-state index is 11.8. The first kappa shape index (κ1) is 9.15. The summed E-state index contributed by atoms with van der Waals surface area (Å²) in [6, 6.07) is 6.02. The monoisotopic (exact) mass is 213 g/mol. The van der Waals surface area contributed by atoms with Crippen LogP contribution >= 0.6 is 0 Å². The number of aromatic nitrogens is 2. The summed E-state index contributed by atoms with van der Waals surface area (Å²) in [4.78, 5) is 15.9. The van der Waals surface area contributed by atoms with Crippen molar-refractivity contribution < 1.29 is 4.79 Å². The topological polar surface area (TPSA) is 46.9 Å². The van der Waals surface area contributed by atoms with E-state index in [2.05, 4.69) is 16.4 Å². The van der Waals surface area contributed by atoms with Crippen LogP contribution in [-0.2, 0) is 6.54 Å². The summed E-state index contributed by atoms with van der Waals surface area (Å²) in [7, 11) is 0. The number of benzene rings is 1. The molecular weight excluding hydrogens is 202 g/mol. The van der Waals surface area contributed by atoms with Crippen molar-refractivity contribution in [3.8, 4) is 0 Å². The van der Waals surface area contributed by atoms with Crippen molar-refractivity contribution in [3.63, 3.8) is 0 Å². The van der Waals surface area contributed by atoms with E-state index in [-0.39, 0.29) is 5.91 Å². The molecule has 0 aliphatic carbocycles. The predicted octanol–water partition coefficient (Wildman–Crippen LogP) is 1.81. The van der Waals surface area contributed by atoms with Crippen LogP contribution in [0.5, 0.6) is 0 Å². The summed E-state index contributed by atoms with van der Waals surface area (Å²) >= 11 is 0. The summed E-state index contributed by atoms with van der Waals surface area (Å²) in [6.45, 7) is 2.73. The van der Waals surface area contributed by atoms with Crippen LogP contribution in [0.4, 0.5) is 5.69 Å². The molecule has 16 heavy (non-hydrogen) atoms. The number of amides is 1. The normalized spacial score (nSPS) is 13.7. The van der Waals surface area contributed by atoms with Gasteiger partial charge >= 0.3 is 0 Å². The van der Waals surface area contributed by atoms with Crippen molar-refractivity contribution in [2.45, 2.75) is 13.5 Å². The lowest BCUT2D eigenvalue weighted by Crippen LogP contribution is -2.14. The van der Waals surface area contributed by atoms with Crippen molar-refractivity contribution >= 4 is 11.6 Å². The number of carbonyl (C=O) groups excluding carboxylic acids is 1. The third kappa shape index (κ3) is 1.31. The first-order chi connectivity index (χ1) is 7.74. The molecule has 1 N–H and O–H groups in total. The number of imidazole rings is 1. The third-order valence-electron chi connectivity index (χ3n) is 2.77. The number of rotatable bonds is 0. The number of fused-ring (bicyclic) bond motifs is 2. The molecule has 0 radical (unpaired) electrons. The molecule has 0 unspecified atom stereocenters. The summed E-state index contributed by atoms with van der Waals surface area (Å²) in [6.07, 6.45) is 3.47. The molecule has 0 fully saturated rings. The molecule has 0 bridgehead atoms. The Morgan fingerprint density at radius 2 is 2.31 bits per heavy atom. The highest BCUT2D eigenvalue weighted by molar-refractivity contribution is 6.02. The SMILES string of the molecule is Cc1ccc2c(c1)Cn1ccnc1C(=O)N2. The van der Waals surface area contributed by atoms with E-state index >= 15 is 0 Å². The van der Waals surface area contributed by atoms with E-state index in [0.717, 1.165) is 11.3 Å². The minimum absolute atomic E-state index is 0.146. The van der Waals surface area contributed by atoms with Gasteiger partial charge in [-0.3, -0.25) is 4.79 Å². The van der Waals surface area contributed by atoms with E-state index in [4.69, 9.17) is 0 Å². The Morgan fingerprint density at radius 3 is 3.19 bits per heavy atom. The van der Waals surface area contributed by atoms with Crippen LogP contribution in [0.3, 0.4) is 0 Å². The number of nitrogens with one attached hydrogen (secondary N) is 1. The highest BCUT2D eigenvalue weighted by Crippen LogP contribution is 2.22. The highest BCUT2D eigenvalue weighted by Gasteiger charge is 2.19. The van der Waals surface area contributed by atoms with Gasteiger partial charge in [-0.2, -0.15) is 0 Å². The molecule has 2 heterocycles. The molecule has 80 valence electrons. The minimum atomic E-state index is -0.146. The van der Waals surface area contributed by atoms with Gasteiger partial charge in [0.2, 0.25) is 0 Å². The number of carbonyl (C=O) groups is 1. The van der Waals surface area contributed by atoms with Gasteiger partial charge in [0.15, 0.2) is 5.82 Å². The van der Waals surface area contributed by atoms with E-state index in [9.17, 15) is 4.79 Å². The van der Waals surface area contributed by atoms with Crippen LogP contribution in [0, 0.1) is 6.92 Å². The molecule has 4 heteroatoms. The van der Waals surface area contributed by atoms with Crippen molar-refractivity contribution in [2.75, 3.05) is 5.32 Å². The molecular formula is C12H11N3O. The fraction of sp³-hybridized carbons (Fsp3) is 0.167. The molecule has 1 amide bonds. The van der Waals surface area contributed by atoms with Gasteiger partial charge in [-0.05, 0) is 18.6 Å². The van der Waals surface area contributed by atoms with Crippen molar-refractivity contribution in [1.29, 1.82) is 0 Å². The van der Waals surface area contributed by atoms with Gasteiger partial charge in [-0.25, -0.2) is 4.98 Å². The molecule has 1 aromatic heterocycles. The van der Waals surface area contributed by atoms with Gasteiger partial charge < -0.3 is 9.88 Å². The van der Waals surface area contributed by atoms with Crippen molar-refractivity contribution in [1.82, 2.24) is 9.55 Å². The lowest BCUT2D eigenvalue weighted by atomic mass is 10.1. The lowest BCUT2D eigenvalue weighted by molar-refractivity contribution is 0.101. The van der Waals surface area contributed by atoms with Crippen molar-refractivity contribution in [3.05, 3.63) is 47.5 Å². The maximum Gasteiger partial charge on any atom is 0.291 e. The average Bonchev–Trinajstić information content (AvgIpc) is 2.65. The van der Waals surface area contributed by atoms with E-state index in [1.165, 1.54) is 5.56 Å². The zero-order valence-electron chi connectivity index (χ0n) is 8.90. The second-order valence-electron chi connectivity index (χ2n) is 3.99. The van der Waals surface area contributed by atoms with Gasteiger partial charge in [0.05, 0.1) is 6.54 Å². The maximum atomic E-state index is 11.8. The van der Waals surface area contributed by atoms with Crippen LogP contribution in [0.1, 0.15) is 21.7 Å². The Morgan fingerprint density at radius 1 is 1.44 bits per heavy atom. The Bertz CT molecular complexity index is 571. The second-order valence-corrected chi connectivity index (χ2v) is 3.99. The summed E-state index contributed by atoms with van der Waals surface area (Å²) in [5.41, 5.74) is 3.18. The van der Waals surface area contributed by atoms with Crippen LogP contribution in [0.2, 0.25) is 0 Å². The smallest absolute Gasteiger partial charge is 0.291 e. The highest BCUT2D eigenvalue weighted by atomic mass is 16.2. The zero-order chi connectivity index (χ0) is 11.1. The van der Waals surface area contributed by atoms with E-state index in [0.29, 0.717) is 12.4 Å². The number of hydrogen-bond acceptors (Lipinski definition) is 2. The van der Waals surface area contributed by atoms with Gasteiger partial charge in [0, 0.05) is 18.1 Å². The quantitative estimate of drug-likeness (QED) is 0.725. The summed E-state index contributed by atoms with van der Waals surface area (Å²) in [5, 5.41) is 2.87. The van der Waals surface area contributed by atoms with E-state index in [1.807, 2.05) is 29.8 Å². The van der Waals surface area contributed by atoms with Gasteiger partial charge in [-0.15, -0.1) is 0 Å². The summed E-state index contributed by atoms with van der Waals surface area (Å²) in [5.74, 6) is 0.321. The number of anilines is 1. The predicted molar refractivity (Wildman–Crippen MR) is 60.5 cm³/mol. The Hall–Kier alpha value is -2.10. The minimum Gasteiger partial charge on any atom is -0.322 e. The van der Waals surface area contributed by atoms with Crippen LogP contribution < -0.4 is 5.32 Å². The molecule has 1 aromatic carbocycles. The van der Waals surface area contributed by atoms with E-state index in [1.54, 1.807) is 6.20 Å². The molecule has 0 spiro atoms. The third-order valence-corrected chi connectivity index (χ3v) is 2.77. The van der Waals surface area contributed by atoms with Crippen LogP contribution in [-0.4, -0.2) is 15.5 Å². The van der Waals surface area contributed by atoms with E-state index < -0.39 is 0 Å². The number of nitrogens with zero attached hydrogens (tertiary/aromatic N) is 2.